The van der Waals surface area contributed by atoms with Crippen molar-refractivity contribution in [2.45, 2.75) is 44.1 Å². The number of rotatable bonds is 3. The first-order valence-electron chi connectivity index (χ1n) is 6.34. The summed E-state index contributed by atoms with van der Waals surface area (Å²) in [6.07, 6.45) is 4.41. The average molecular weight is 246 g/mol. The van der Waals surface area contributed by atoms with Gasteiger partial charge in [0, 0.05) is 20.0 Å². The van der Waals surface area contributed by atoms with Crippen LogP contribution in [0.25, 0.3) is 0 Å². The van der Waals surface area contributed by atoms with Crippen molar-refractivity contribution < 1.29 is 13.6 Å². The molecule has 0 aromatic carbocycles. The Morgan fingerprint density at radius 2 is 2.06 bits per heavy atom. The molecular weight excluding hydrogens is 226 g/mol. The molecule has 5 heteroatoms. The number of nitrogens with zero attached hydrogens (tertiary/aromatic N) is 1. The summed E-state index contributed by atoms with van der Waals surface area (Å²) in [6, 6.07) is -0.698. The van der Waals surface area contributed by atoms with Gasteiger partial charge in [0.2, 0.25) is 5.91 Å². The highest BCUT2D eigenvalue weighted by Gasteiger charge is 2.43. The molecule has 1 unspecified atom stereocenters. The molecule has 1 aliphatic heterocycles. The molecule has 2 fully saturated rings. The lowest BCUT2D eigenvalue weighted by Gasteiger charge is -2.24. The largest absolute Gasteiger partial charge is 0.344 e. The summed E-state index contributed by atoms with van der Waals surface area (Å²) >= 11 is 0. The number of alkyl halides is 2. The summed E-state index contributed by atoms with van der Waals surface area (Å²) < 4.78 is 26.0. The van der Waals surface area contributed by atoms with E-state index in [4.69, 9.17) is 0 Å². The maximum atomic E-state index is 13.0. The number of carbonyl (C=O) groups excluding carboxylic acids is 1. The van der Waals surface area contributed by atoms with Gasteiger partial charge in [-0.05, 0) is 18.8 Å². The standard InChI is InChI=1S/C12H20F2N2O/c1-16(7-9-4-2-3-5-9)11(17)10-6-12(13,14)8-15-10/h9-10,15H,2-8H2,1H3. The fourth-order valence-electron chi connectivity index (χ4n) is 2.83. The van der Waals surface area contributed by atoms with Crippen LogP contribution in [-0.4, -0.2) is 42.9 Å². The Labute approximate surface area is 101 Å². The number of halogens is 2. The van der Waals surface area contributed by atoms with Gasteiger partial charge >= 0.3 is 0 Å². The third-order valence-corrected chi connectivity index (χ3v) is 3.79. The molecule has 0 spiro atoms. The Kier molecular flexibility index (Phi) is 3.66. The Balaban J connectivity index is 1.82. The van der Waals surface area contributed by atoms with Crippen LogP contribution in [0.4, 0.5) is 8.78 Å². The summed E-state index contributed by atoms with van der Waals surface area (Å²) in [7, 11) is 1.72. The molecule has 98 valence electrons. The number of carbonyl (C=O) groups is 1. The smallest absolute Gasteiger partial charge is 0.262 e. The van der Waals surface area contributed by atoms with Gasteiger partial charge in [-0.1, -0.05) is 12.8 Å². The lowest BCUT2D eigenvalue weighted by molar-refractivity contribution is -0.132. The van der Waals surface area contributed by atoms with Crippen LogP contribution in [0.15, 0.2) is 0 Å². The van der Waals surface area contributed by atoms with E-state index >= 15 is 0 Å². The predicted octanol–water partition coefficient (Wildman–Crippen LogP) is 1.63. The van der Waals surface area contributed by atoms with E-state index in [1.165, 1.54) is 12.8 Å². The molecular formula is C12H20F2N2O. The molecule has 1 atom stereocenters. The van der Waals surface area contributed by atoms with Gasteiger partial charge in [0.15, 0.2) is 0 Å². The Morgan fingerprint density at radius 3 is 2.59 bits per heavy atom. The van der Waals surface area contributed by atoms with Gasteiger partial charge in [-0.25, -0.2) is 8.78 Å². The van der Waals surface area contributed by atoms with Gasteiger partial charge in [0.25, 0.3) is 5.92 Å². The molecule has 1 amide bonds. The van der Waals surface area contributed by atoms with Crippen molar-refractivity contribution in [2.75, 3.05) is 20.1 Å². The SMILES string of the molecule is CN(CC1CCCC1)C(=O)C1CC(F)(F)CN1. The molecule has 0 aromatic heterocycles. The van der Waals surface area contributed by atoms with Crippen LogP contribution in [0.3, 0.4) is 0 Å². The van der Waals surface area contributed by atoms with Crippen LogP contribution >= 0.6 is 0 Å². The summed E-state index contributed by atoms with van der Waals surface area (Å²) in [5, 5.41) is 2.61. The zero-order valence-corrected chi connectivity index (χ0v) is 10.2. The Hall–Kier alpha value is -0.710. The fraction of sp³-hybridized carbons (Fsp3) is 0.917. The van der Waals surface area contributed by atoms with Crippen molar-refractivity contribution in [2.24, 2.45) is 5.92 Å². The maximum Gasteiger partial charge on any atom is 0.262 e. The van der Waals surface area contributed by atoms with Gasteiger partial charge in [-0.2, -0.15) is 0 Å². The van der Waals surface area contributed by atoms with Crippen LogP contribution in [0, 0.1) is 5.92 Å². The van der Waals surface area contributed by atoms with Crippen molar-refractivity contribution in [3.63, 3.8) is 0 Å². The summed E-state index contributed by atoms with van der Waals surface area (Å²) in [5.41, 5.74) is 0. The molecule has 0 radical (unpaired) electrons. The fourth-order valence-corrected chi connectivity index (χ4v) is 2.83. The van der Waals surface area contributed by atoms with Crippen LogP contribution in [0.2, 0.25) is 0 Å². The second-order valence-electron chi connectivity index (χ2n) is 5.36. The minimum Gasteiger partial charge on any atom is -0.344 e. The van der Waals surface area contributed by atoms with E-state index in [0.29, 0.717) is 12.5 Å². The van der Waals surface area contributed by atoms with E-state index in [-0.39, 0.29) is 18.9 Å². The van der Waals surface area contributed by atoms with Gasteiger partial charge in [-0.15, -0.1) is 0 Å². The molecule has 2 rings (SSSR count). The van der Waals surface area contributed by atoms with E-state index in [0.717, 1.165) is 12.8 Å². The molecule has 0 aromatic rings. The summed E-state index contributed by atoms with van der Waals surface area (Å²) in [5.74, 6) is -2.35. The quantitative estimate of drug-likeness (QED) is 0.821. The first-order valence-corrected chi connectivity index (χ1v) is 6.34. The van der Waals surface area contributed by atoms with E-state index in [1.807, 2.05) is 0 Å². The van der Waals surface area contributed by atoms with Crippen LogP contribution in [-0.2, 0) is 4.79 Å². The van der Waals surface area contributed by atoms with Crippen LogP contribution in [0.1, 0.15) is 32.1 Å². The third-order valence-electron chi connectivity index (χ3n) is 3.79. The van der Waals surface area contributed by atoms with Gasteiger partial charge in [-0.3, -0.25) is 10.1 Å². The van der Waals surface area contributed by atoms with Crippen LogP contribution < -0.4 is 5.32 Å². The maximum absolute atomic E-state index is 13.0. The molecule has 17 heavy (non-hydrogen) atoms. The van der Waals surface area contributed by atoms with Gasteiger partial charge in [0.05, 0.1) is 12.6 Å². The summed E-state index contributed by atoms with van der Waals surface area (Å²) in [6.45, 7) is 0.337. The molecule has 1 N–H and O–H groups in total. The van der Waals surface area contributed by atoms with Crippen LogP contribution in [0.5, 0.6) is 0 Å². The van der Waals surface area contributed by atoms with Gasteiger partial charge in [0.1, 0.15) is 0 Å². The van der Waals surface area contributed by atoms with Crippen molar-refractivity contribution in [1.29, 1.82) is 0 Å². The first-order chi connectivity index (χ1) is 7.98. The minimum absolute atomic E-state index is 0.186. The second kappa shape index (κ2) is 4.88. The van der Waals surface area contributed by atoms with E-state index in [9.17, 15) is 13.6 Å². The molecule has 1 aliphatic carbocycles. The van der Waals surface area contributed by atoms with Gasteiger partial charge < -0.3 is 4.90 Å². The third kappa shape index (κ3) is 3.15. The number of nitrogens with one attached hydrogen (secondary N) is 1. The number of amides is 1. The first kappa shape index (κ1) is 12.7. The zero-order valence-electron chi connectivity index (χ0n) is 10.2. The highest BCUT2D eigenvalue weighted by atomic mass is 19.3. The Morgan fingerprint density at radius 1 is 1.41 bits per heavy atom. The molecule has 1 heterocycles. The van der Waals surface area contributed by atoms with Crippen molar-refractivity contribution >= 4 is 5.91 Å². The Bertz CT molecular complexity index is 290. The predicted molar refractivity (Wildman–Crippen MR) is 60.9 cm³/mol. The normalized spacial score (nSPS) is 28.5. The number of hydrogen-bond acceptors (Lipinski definition) is 2. The van der Waals surface area contributed by atoms with Crippen molar-refractivity contribution in [3.05, 3.63) is 0 Å². The highest BCUT2D eigenvalue weighted by Crippen LogP contribution is 2.28. The van der Waals surface area contributed by atoms with E-state index in [1.54, 1.807) is 11.9 Å². The molecule has 2 aliphatic rings. The average Bonchev–Trinajstić information content (AvgIpc) is 2.86. The number of hydrogen-bond donors (Lipinski definition) is 1. The topological polar surface area (TPSA) is 32.3 Å². The lowest BCUT2D eigenvalue weighted by Crippen LogP contribution is -2.43. The molecule has 1 saturated carbocycles. The molecule has 3 nitrogen and oxygen atoms in total. The summed E-state index contributed by atoms with van der Waals surface area (Å²) in [4.78, 5) is 13.6. The highest BCUT2D eigenvalue weighted by molar-refractivity contribution is 5.82. The van der Waals surface area contributed by atoms with Crippen molar-refractivity contribution in [3.8, 4) is 0 Å². The molecule has 1 saturated heterocycles. The van der Waals surface area contributed by atoms with E-state index < -0.39 is 12.0 Å². The minimum atomic E-state index is -2.73. The number of likely N-dealkylation sites (N-methyl/N-ethyl adjacent to an activating group) is 1. The molecule has 0 bridgehead atoms. The lowest BCUT2D eigenvalue weighted by atomic mass is 10.1. The van der Waals surface area contributed by atoms with E-state index in [2.05, 4.69) is 5.32 Å². The van der Waals surface area contributed by atoms with Crippen molar-refractivity contribution in [1.82, 2.24) is 10.2 Å². The zero-order chi connectivity index (χ0) is 12.5. The monoisotopic (exact) mass is 246 g/mol. The second-order valence-corrected chi connectivity index (χ2v) is 5.36.